The number of pyridine rings is 1. The Balaban J connectivity index is 2.74. The highest BCUT2D eigenvalue weighted by molar-refractivity contribution is 6.38. The van der Waals surface area contributed by atoms with Gasteiger partial charge >= 0.3 is 0 Å². The van der Waals surface area contributed by atoms with E-state index in [1.54, 1.807) is 25.8 Å². The first-order chi connectivity index (χ1) is 7.93. The average molecular weight is 253 g/mol. The molecule has 0 unspecified atom stereocenters. The molecule has 0 aromatic carbocycles. The van der Waals surface area contributed by atoms with Gasteiger partial charge in [0.05, 0.1) is 21.7 Å². The Labute approximate surface area is 104 Å². The van der Waals surface area contributed by atoms with Gasteiger partial charge in [0.15, 0.2) is 5.65 Å². The minimum atomic E-state index is -0.160. The number of aryl methyl sites for hydroxylation is 2. The van der Waals surface area contributed by atoms with Crippen LogP contribution in [0.15, 0.2) is 6.20 Å². The standard InChI is InChI=1S/C11H13ClN4O/c1-6-8-9(12)7(11(17)15(2)3)5-13-10(8)16(4)14-6/h5H,1-4H3. The second-order valence-electron chi connectivity index (χ2n) is 4.09. The summed E-state index contributed by atoms with van der Waals surface area (Å²) in [6.07, 6.45) is 1.49. The largest absolute Gasteiger partial charge is 0.345 e. The first kappa shape index (κ1) is 11.9. The van der Waals surface area contributed by atoms with Crippen molar-refractivity contribution in [2.24, 2.45) is 7.05 Å². The molecule has 2 rings (SSSR count). The van der Waals surface area contributed by atoms with E-state index in [0.29, 0.717) is 16.2 Å². The van der Waals surface area contributed by atoms with Crippen LogP contribution in [0.1, 0.15) is 16.1 Å². The van der Waals surface area contributed by atoms with E-state index >= 15 is 0 Å². The van der Waals surface area contributed by atoms with Gasteiger partial charge in [0.25, 0.3) is 5.91 Å². The molecule has 17 heavy (non-hydrogen) atoms. The molecule has 6 heteroatoms. The van der Waals surface area contributed by atoms with Gasteiger partial charge in [-0.15, -0.1) is 0 Å². The number of hydrogen-bond acceptors (Lipinski definition) is 3. The number of amides is 1. The van der Waals surface area contributed by atoms with Crippen molar-refractivity contribution in [3.63, 3.8) is 0 Å². The lowest BCUT2D eigenvalue weighted by Gasteiger charge is -2.11. The molecule has 0 aliphatic heterocycles. The van der Waals surface area contributed by atoms with E-state index in [0.717, 1.165) is 11.1 Å². The van der Waals surface area contributed by atoms with E-state index < -0.39 is 0 Å². The van der Waals surface area contributed by atoms with Gasteiger partial charge in [-0.1, -0.05) is 11.6 Å². The molecule has 0 spiro atoms. The molecule has 0 radical (unpaired) electrons. The normalized spacial score (nSPS) is 10.9. The number of carbonyl (C=O) groups excluding carboxylic acids is 1. The molecule has 2 heterocycles. The summed E-state index contributed by atoms with van der Waals surface area (Å²) in [6, 6.07) is 0. The number of rotatable bonds is 1. The Bertz CT molecular complexity index is 603. The van der Waals surface area contributed by atoms with Crippen molar-refractivity contribution in [3.05, 3.63) is 22.5 Å². The number of carbonyl (C=O) groups is 1. The molecule has 0 saturated heterocycles. The SMILES string of the molecule is Cc1nn(C)c2ncc(C(=O)N(C)C)c(Cl)c12. The maximum absolute atomic E-state index is 11.9. The van der Waals surface area contributed by atoms with Gasteiger partial charge in [0.1, 0.15) is 0 Å². The number of fused-ring (bicyclic) bond motifs is 1. The van der Waals surface area contributed by atoms with Crippen LogP contribution in [0.5, 0.6) is 0 Å². The molecule has 0 N–H and O–H groups in total. The highest BCUT2D eigenvalue weighted by atomic mass is 35.5. The van der Waals surface area contributed by atoms with Crippen LogP contribution in [-0.2, 0) is 7.05 Å². The third-order valence-corrected chi connectivity index (χ3v) is 2.99. The maximum atomic E-state index is 11.9. The van der Waals surface area contributed by atoms with Crippen molar-refractivity contribution in [2.45, 2.75) is 6.92 Å². The fraction of sp³-hybridized carbons (Fsp3) is 0.364. The monoisotopic (exact) mass is 252 g/mol. The highest BCUT2D eigenvalue weighted by Crippen LogP contribution is 2.28. The first-order valence-electron chi connectivity index (χ1n) is 5.13. The van der Waals surface area contributed by atoms with E-state index in [-0.39, 0.29) is 5.91 Å². The van der Waals surface area contributed by atoms with Crippen molar-refractivity contribution in [1.29, 1.82) is 0 Å². The summed E-state index contributed by atoms with van der Waals surface area (Å²) in [4.78, 5) is 17.6. The second kappa shape index (κ2) is 4.00. The summed E-state index contributed by atoms with van der Waals surface area (Å²) >= 11 is 6.26. The van der Waals surface area contributed by atoms with Gasteiger partial charge in [-0.25, -0.2) is 4.98 Å². The highest BCUT2D eigenvalue weighted by Gasteiger charge is 2.19. The maximum Gasteiger partial charge on any atom is 0.256 e. The van der Waals surface area contributed by atoms with Crippen LogP contribution in [0.3, 0.4) is 0 Å². The number of nitrogens with zero attached hydrogens (tertiary/aromatic N) is 4. The molecule has 2 aromatic heterocycles. The quantitative estimate of drug-likeness (QED) is 0.775. The molecular weight excluding hydrogens is 240 g/mol. The van der Waals surface area contributed by atoms with Crippen molar-refractivity contribution in [2.75, 3.05) is 14.1 Å². The van der Waals surface area contributed by atoms with Gasteiger partial charge in [0, 0.05) is 27.3 Å². The molecule has 5 nitrogen and oxygen atoms in total. The molecule has 2 aromatic rings. The Morgan fingerprint density at radius 3 is 2.71 bits per heavy atom. The van der Waals surface area contributed by atoms with Crippen molar-refractivity contribution < 1.29 is 4.79 Å². The van der Waals surface area contributed by atoms with Crippen molar-refractivity contribution in [3.8, 4) is 0 Å². The van der Waals surface area contributed by atoms with Crippen LogP contribution in [0.4, 0.5) is 0 Å². The molecule has 90 valence electrons. The van der Waals surface area contributed by atoms with Crippen LogP contribution in [0.25, 0.3) is 11.0 Å². The minimum Gasteiger partial charge on any atom is -0.345 e. The molecule has 0 saturated carbocycles. The minimum absolute atomic E-state index is 0.160. The van der Waals surface area contributed by atoms with Gasteiger partial charge < -0.3 is 4.90 Å². The third kappa shape index (κ3) is 1.76. The summed E-state index contributed by atoms with van der Waals surface area (Å²) in [5.41, 5.74) is 1.86. The van der Waals surface area contributed by atoms with Gasteiger partial charge in [-0.05, 0) is 6.92 Å². The lowest BCUT2D eigenvalue weighted by atomic mass is 10.2. The average Bonchev–Trinajstić information content (AvgIpc) is 2.54. The van der Waals surface area contributed by atoms with Crippen molar-refractivity contribution in [1.82, 2.24) is 19.7 Å². The summed E-state index contributed by atoms with van der Waals surface area (Å²) < 4.78 is 1.65. The van der Waals surface area contributed by atoms with Crippen LogP contribution >= 0.6 is 11.6 Å². The number of halogens is 1. The summed E-state index contributed by atoms with van der Waals surface area (Å²) in [6.45, 7) is 1.85. The third-order valence-electron chi connectivity index (χ3n) is 2.60. The van der Waals surface area contributed by atoms with Crippen LogP contribution in [0.2, 0.25) is 5.02 Å². The van der Waals surface area contributed by atoms with Gasteiger partial charge in [-0.2, -0.15) is 5.10 Å². The first-order valence-corrected chi connectivity index (χ1v) is 5.50. The molecule has 1 amide bonds. The van der Waals surface area contributed by atoms with E-state index in [4.69, 9.17) is 11.6 Å². The van der Waals surface area contributed by atoms with E-state index in [2.05, 4.69) is 10.1 Å². The Morgan fingerprint density at radius 1 is 1.47 bits per heavy atom. The van der Waals surface area contributed by atoms with Crippen LogP contribution in [-0.4, -0.2) is 39.7 Å². The van der Waals surface area contributed by atoms with E-state index in [9.17, 15) is 4.79 Å². The van der Waals surface area contributed by atoms with Gasteiger partial charge in [-0.3, -0.25) is 9.48 Å². The van der Waals surface area contributed by atoms with Crippen molar-refractivity contribution >= 4 is 28.5 Å². The zero-order valence-electron chi connectivity index (χ0n) is 10.2. The lowest BCUT2D eigenvalue weighted by molar-refractivity contribution is 0.0827. The van der Waals surface area contributed by atoms with E-state index in [1.807, 2.05) is 6.92 Å². The summed E-state index contributed by atoms with van der Waals surface area (Å²) in [5, 5.41) is 5.39. The predicted molar refractivity (Wildman–Crippen MR) is 66.3 cm³/mol. The Morgan fingerprint density at radius 2 is 2.12 bits per heavy atom. The zero-order valence-corrected chi connectivity index (χ0v) is 10.9. The van der Waals surface area contributed by atoms with Crippen LogP contribution < -0.4 is 0 Å². The molecule has 0 aliphatic rings. The smallest absolute Gasteiger partial charge is 0.256 e. The predicted octanol–water partition coefficient (Wildman–Crippen LogP) is 1.63. The number of hydrogen-bond donors (Lipinski definition) is 0. The van der Waals surface area contributed by atoms with E-state index in [1.165, 1.54) is 11.1 Å². The topological polar surface area (TPSA) is 51.0 Å². The zero-order chi connectivity index (χ0) is 12.7. The fourth-order valence-electron chi connectivity index (χ4n) is 1.76. The van der Waals surface area contributed by atoms with Gasteiger partial charge in [0.2, 0.25) is 0 Å². The Kier molecular flexibility index (Phi) is 2.79. The Hall–Kier alpha value is -1.62. The molecule has 0 bridgehead atoms. The number of aromatic nitrogens is 3. The molecule has 0 fully saturated rings. The molecule has 0 aliphatic carbocycles. The molecule has 0 atom stereocenters. The fourth-order valence-corrected chi connectivity index (χ4v) is 2.11. The van der Waals surface area contributed by atoms with Crippen LogP contribution in [0, 0.1) is 6.92 Å². The second-order valence-corrected chi connectivity index (χ2v) is 4.47. The lowest BCUT2D eigenvalue weighted by Crippen LogP contribution is -2.22. The summed E-state index contributed by atoms with van der Waals surface area (Å²) in [5.74, 6) is -0.160. The summed E-state index contributed by atoms with van der Waals surface area (Å²) in [7, 11) is 5.16. The molecular formula is C11H13ClN4O.